The quantitative estimate of drug-likeness (QED) is 0.605. The first-order valence-corrected chi connectivity index (χ1v) is 11.3. The van der Waals surface area contributed by atoms with Gasteiger partial charge in [-0.05, 0) is 43.2 Å². The number of hydrogen-bond donors (Lipinski definition) is 2. The van der Waals surface area contributed by atoms with E-state index in [4.69, 9.17) is 0 Å². The summed E-state index contributed by atoms with van der Waals surface area (Å²) in [5.41, 5.74) is 2.26. The molecule has 0 saturated carbocycles. The van der Waals surface area contributed by atoms with E-state index >= 15 is 0 Å². The highest BCUT2D eigenvalue weighted by Crippen LogP contribution is 2.33. The first kappa shape index (κ1) is 19.8. The van der Waals surface area contributed by atoms with E-state index in [0.29, 0.717) is 18.7 Å². The Morgan fingerprint density at radius 2 is 2.03 bits per heavy atom. The van der Waals surface area contributed by atoms with Crippen LogP contribution in [0.2, 0.25) is 0 Å². The monoisotopic (exact) mass is 409 g/mol. The molecule has 1 amide bonds. The Bertz CT molecular complexity index is 1060. The molecule has 1 aromatic carbocycles. The van der Waals surface area contributed by atoms with Crippen molar-refractivity contribution < 1.29 is 4.79 Å². The van der Waals surface area contributed by atoms with Gasteiger partial charge in [-0.25, -0.2) is 4.98 Å². The Labute approximate surface area is 174 Å². The maximum absolute atomic E-state index is 12.6. The van der Waals surface area contributed by atoms with Gasteiger partial charge >= 0.3 is 0 Å². The van der Waals surface area contributed by atoms with Crippen LogP contribution in [0.25, 0.3) is 10.2 Å². The third-order valence-electron chi connectivity index (χ3n) is 5.58. The van der Waals surface area contributed by atoms with Crippen molar-refractivity contribution in [3.05, 3.63) is 62.5 Å². The topological polar surface area (TPSA) is 74.8 Å². The molecule has 0 aliphatic heterocycles. The summed E-state index contributed by atoms with van der Waals surface area (Å²) >= 11 is 1.65. The zero-order valence-electron chi connectivity index (χ0n) is 16.8. The number of thiophene rings is 1. The van der Waals surface area contributed by atoms with Crippen LogP contribution >= 0.6 is 11.3 Å². The van der Waals surface area contributed by atoms with Gasteiger partial charge < -0.3 is 10.3 Å². The van der Waals surface area contributed by atoms with Gasteiger partial charge in [0, 0.05) is 17.7 Å². The Morgan fingerprint density at radius 1 is 1.24 bits per heavy atom. The van der Waals surface area contributed by atoms with Crippen LogP contribution in [0.5, 0.6) is 0 Å². The number of nitrogens with zero attached hydrogens (tertiary/aromatic N) is 1. The third-order valence-corrected chi connectivity index (χ3v) is 6.76. The number of aromatic amines is 1. The molecule has 4 rings (SSSR count). The molecular weight excluding hydrogens is 382 g/mol. The molecule has 0 fully saturated rings. The van der Waals surface area contributed by atoms with Crippen LogP contribution in [0.15, 0.2) is 35.1 Å². The number of rotatable bonds is 7. The zero-order chi connectivity index (χ0) is 20.2. The Morgan fingerprint density at radius 3 is 2.83 bits per heavy atom. The Balaban J connectivity index is 1.45. The SMILES string of the molecule is CCC[C@H](NC(=O)CCc1nc2sc3c(c2c(=O)[nH]1)CCCC3)c1ccccc1. The lowest BCUT2D eigenvalue weighted by Gasteiger charge is -2.18. The van der Waals surface area contributed by atoms with Gasteiger partial charge in [0.2, 0.25) is 5.91 Å². The number of aryl methyl sites for hydroxylation is 3. The molecule has 29 heavy (non-hydrogen) atoms. The molecule has 1 atom stereocenters. The van der Waals surface area contributed by atoms with Crippen LogP contribution in [-0.4, -0.2) is 15.9 Å². The van der Waals surface area contributed by atoms with Gasteiger partial charge in [0.05, 0.1) is 11.4 Å². The maximum Gasteiger partial charge on any atom is 0.259 e. The molecule has 0 spiro atoms. The van der Waals surface area contributed by atoms with Crippen LogP contribution in [0.1, 0.15) is 66.9 Å². The fourth-order valence-corrected chi connectivity index (χ4v) is 5.40. The minimum atomic E-state index is -0.0575. The number of benzene rings is 1. The van der Waals surface area contributed by atoms with E-state index in [2.05, 4.69) is 22.2 Å². The summed E-state index contributed by atoms with van der Waals surface area (Å²) in [6, 6.07) is 10.1. The summed E-state index contributed by atoms with van der Waals surface area (Å²) in [5, 5.41) is 3.91. The molecule has 2 heterocycles. The maximum atomic E-state index is 12.6. The highest BCUT2D eigenvalue weighted by atomic mass is 32.1. The Kier molecular flexibility index (Phi) is 6.09. The van der Waals surface area contributed by atoms with Gasteiger partial charge in [-0.2, -0.15) is 0 Å². The number of hydrogen-bond acceptors (Lipinski definition) is 4. The molecule has 2 aromatic heterocycles. The molecule has 152 valence electrons. The lowest BCUT2D eigenvalue weighted by Crippen LogP contribution is -2.29. The van der Waals surface area contributed by atoms with Crippen molar-refractivity contribution in [1.82, 2.24) is 15.3 Å². The summed E-state index contributed by atoms with van der Waals surface area (Å²) in [6.07, 6.45) is 6.99. The number of nitrogens with one attached hydrogen (secondary N) is 2. The molecule has 0 bridgehead atoms. The second kappa shape index (κ2) is 8.91. The van der Waals surface area contributed by atoms with Crippen molar-refractivity contribution >= 4 is 27.5 Å². The first-order chi connectivity index (χ1) is 14.2. The molecule has 3 aromatic rings. The van der Waals surface area contributed by atoms with Crippen LogP contribution in [0, 0.1) is 0 Å². The predicted octanol–water partition coefficient (Wildman–Crippen LogP) is 4.45. The summed E-state index contributed by atoms with van der Waals surface area (Å²) in [4.78, 5) is 34.9. The van der Waals surface area contributed by atoms with Crippen LogP contribution in [-0.2, 0) is 24.1 Å². The molecule has 0 saturated heterocycles. The fourth-order valence-electron chi connectivity index (χ4n) is 4.12. The minimum Gasteiger partial charge on any atom is -0.349 e. The van der Waals surface area contributed by atoms with Crippen LogP contribution in [0.4, 0.5) is 0 Å². The van der Waals surface area contributed by atoms with E-state index in [9.17, 15) is 9.59 Å². The van der Waals surface area contributed by atoms with E-state index < -0.39 is 0 Å². The average molecular weight is 410 g/mol. The van der Waals surface area contributed by atoms with Crippen molar-refractivity contribution in [3.8, 4) is 0 Å². The molecule has 0 radical (unpaired) electrons. The fraction of sp³-hybridized carbons (Fsp3) is 0.435. The van der Waals surface area contributed by atoms with E-state index in [0.717, 1.165) is 47.9 Å². The van der Waals surface area contributed by atoms with E-state index in [1.165, 1.54) is 16.9 Å². The van der Waals surface area contributed by atoms with Gasteiger partial charge in [-0.3, -0.25) is 9.59 Å². The molecule has 1 aliphatic carbocycles. The number of carbonyl (C=O) groups excluding carboxylic acids is 1. The van der Waals surface area contributed by atoms with Gasteiger partial charge in [-0.1, -0.05) is 43.7 Å². The van der Waals surface area contributed by atoms with Crippen molar-refractivity contribution in [2.24, 2.45) is 0 Å². The van der Waals surface area contributed by atoms with E-state index in [1.54, 1.807) is 11.3 Å². The summed E-state index contributed by atoms with van der Waals surface area (Å²) in [6.45, 7) is 2.12. The van der Waals surface area contributed by atoms with Gasteiger partial charge in [0.25, 0.3) is 5.56 Å². The molecule has 0 unspecified atom stereocenters. The second-order valence-electron chi connectivity index (χ2n) is 7.72. The normalized spacial score (nSPS) is 14.5. The van der Waals surface area contributed by atoms with Crippen molar-refractivity contribution in [1.29, 1.82) is 0 Å². The van der Waals surface area contributed by atoms with Crippen molar-refractivity contribution in [2.75, 3.05) is 0 Å². The molecule has 6 heteroatoms. The summed E-state index contributed by atoms with van der Waals surface area (Å²) in [5.74, 6) is 0.587. The van der Waals surface area contributed by atoms with E-state index in [-0.39, 0.29) is 17.5 Å². The number of fused-ring (bicyclic) bond motifs is 3. The van der Waals surface area contributed by atoms with Gasteiger partial charge in [0.1, 0.15) is 10.7 Å². The number of amides is 1. The molecule has 2 N–H and O–H groups in total. The van der Waals surface area contributed by atoms with Gasteiger partial charge in [0.15, 0.2) is 0 Å². The summed E-state index contributed by atoms with van der Waals surface area (Å²) in [7, 11) is 0. The van der Waals surface area contributed by atoms with Crippen molar-refractivity contribution in [3.63, 3.8) is 0 Å². The smallest absolute Gasteiger partial charge is 0.259 e. The lowest BCUT2D eigenvalue weighted by atomic mass is 9.97. The average Bonchev–Trinajstić information content (AvgIpc) is 3.11. The lowest BCUT2D eigenvalue weighted by molar-refractivity contribution is -0.121. The highest BCUT2D eigenvalue weighted by molar-refractivity contribution is 7.18. The van der Waals surface area contributed by atoms with Crippen LogP contribution in [0.3, 0.4) is 0 Å². The summed E-state index contributed by atoms with van der Waals surface area (Å²) < 4.78 is 0. The zero-order valence-corrected chi connectivity index (χ0v) is 17.6. The standard InChI is InChI=1S/C23H27N3O2S/c1-2-8-17(15-9-4-3-5-10-15)24-20(27)14-13-19-25-22(28)21-16-11-6-7-12-18(16)29-23(21)26-19/h3-5,9-10,17H,2,6-8,11-14H2,1H3,(H,24,27)(H,25,26,28)/t17-/m0/s1. The largest absolute Gasteiger partial charge is 0.349 e. The molecular formula is C23H27N3O2S. The van der Waals surface area contributed by atoms with Gasteiger partial charge in [-0.15, -0.1) is 11.3 Å². The predicted molar refractivity (Wildman–Crippen MR) is 117 cm³/mol. The van der Waals surface area contributed by atoms with E-state index in [1.807, 2.05) is 30.3 Å². The first-order valence-electron chi connectivity index (χ1n) is 10.5. The Hall–Kier alpha value is -2.47. The minimum absolute atomic E-state index is 0.0134. The van der Waals surface area contributed by atoms with Crippen LogP contribution < -0.4 is 10.9 Å². The van der Waals surface area contributed by atoms with Crippen molar-refractivity contribution in [2.45, 2.75) is 64.3 Å². The number of H-pyrrole nitrogens is 1. The third kappa shape index (κ3) is 4.42. The second-order valence-corrected chi connectivity index (χ2v) is 8.81. The molecule has 5 nitrogen and oxygen atoms in total. The number of carbonyl (C=O) groups is 1. The number of aromatic nitrogens is 2. The highest BCUT2D eigenvalue weighted by Gasteiger charge is 2.20. The molecule has 1 aliphatic rings.